The monoisotopic (exact) mass is 307 g/mol. The van der Waals surface area contributed by atoms with Crippen molar-refractivity contribution in [2.75, 3.05) is 0 Å². The van der Waals surface area contributed by atoms with Gasteiger partial charge in [-0.3, -0.25) is 0 Å². The molecule has 0 aromatic carbocycles. The van der Waals surface area contributed by atoms with Crippen LogP contribution in [-0.4, -0.2) is 4.98 Å². The van der Waals surface area contributed by atoms with E-state index in [4.69, 9.17) is 11.6 Å². The summed E-state index contributed by atoms with van der Waals surface area (Å²) in [5, 5.41) is -0.318. The van der Waals surface area contributed by atoms with Crippen molar-refractivity contribution in [1.29, 1.82) is 0 Å². The van der Waals surface area contributed by atoms with Crippen molar-refractivity contribution in [3.05, 3.63) is 26.5 Å². The topological polar surface area (TPSA) is 12.9 Å². The molecule has 0 aliphatic rings. The van der Waals surface area contributed by atoms with Crippen LogP contribution in [0.2, 0.25) is 5.02 Å². The number of hydrogen-bond donors (Lipinski definition) is 0. The van der Waals surface area contributed by atoms with Gasteiger partial charge in [-0.25, -0.2) is 4.98 Å². The molecule has 1 rings (SSSR count). The maximum atomic E-state index is 12.2. The fourth-order valence-electron chi connectivity index (χ4n) is 0.667. The van der Waals surface area contributed by atoms with Crippen molar-refractivity contribution in [3.8, 4) is 0 Å². The molecule has 1 nitrogen and oxygen atoms in total. The second kappa shape index (κ2) is 3.37. The zero-order chi connectivity index (χ0) is 9.35. The molecule has 0 bridgehead atoms. The average Bonchev–Trinajstić information content (AvgIpc) is 1.82. The van der Waals surface area contributed by atoms with Crippen molar-refractivity contribution in [2.45, 2.75) is 6.18 Å². The molecule has 1 heterocycles. The predicted octanol–water partition coefficient (Wildman–Crippen LogP) is 3.36. The van der Waals surface area contributed by atoms with Crippen molar-refractivity contribution in [2.24, 2.45) is 0 Å². The molecule has 6 heteroatoms. The lowest BCUT2D eigenvalue weighted by molar-refractivity contribution is -0.138. The van der Waals surface area contributed by atoms with Gasteiger partial charge in [0.05, 0.1) is 5.02 Å². The van der Waals surface area contributed by atoms with Gasteiger partial charge in [0.1, 0.15) is 9.26 Å². The Hall–Kier alpha value is -0.0400. The van der Waals surface area contributed by atoms with Crippen LogP contribution in [0.4, 0.5) is 13.2 Å². The molecular formula is C6H2ClF3IN. The van der Waals surface area contributed by atoms with Crippen LogP contribution in [0.3, 0.4) is 0 Å². The number of nitrogens with zero attached hydrogens (tertiary/aromatic N) is 1. The molecule has 12 heavy (non-hydrogen) atoms. The lowest BCUT2D eigenvalue weighted by Crippen LogP contribution is -2.09. The fraction of sp³-hybridized carbons (Fsp3) is 0.167. The fourth-order valence-corrected chi connectivity index (χ4v) is 1.84. The number of pyridine rings is 1. The molecule has 1 aromatic heterocycles. The first-order chi connectivity index (χ1) is 5.43. The van der Waals surface area contributed by atoms with E-state index in [1.54, 1.807) is 0 Å². The quantitative estimate of drug-likeness (QED) is 0.529. The maximum absolute atomic E-state index is 12.2. The van der Waals surface area contributed by atoms with Crippen LogP contribution in [-0.2, 0) is 6.18 Å². The Morgan fingerprint density at radius 2 is 2.00 bits per heavy atom. The van der Waals surface area contributed by atoms with Crippen molar-refractivity contribution < 1.29 is 13.2 Å². The zero-order valence-corrected chi connectivity index (χ0v) is 8.41. The van der Waals surface area contributed by atoms with Gasteiger partial charge in [-0.05, 0) is 28.7 Å². The lowest BCUT2D eigenvalue weighted by atomic mass is 10.3. The molecule has 66 valence electrons. The van der Waals surface area contributed by atoms with Crippen LogP contribution < -0.4 is 0 Å². The Morgan fingerprint density at radius 1 is 1.42 bits per heavy atom. The molecule has 0 saturated carbocycles. The highest BCUT2D eigenvalue weighted by Crippen LogP contribution is 2.36. The summed E-state index contributed by atoms with van der Waals surface area (Å²) in [7, 11) is 0. The molecule has 0 amide bonds. The first kappa shape index (κ1) is 10.0. The largest absolute Gasteiger partial charge is 0.420 e. The molecule has 0 spiro atoms. The van der Waals surface area contributed by atoms with E-state index in [9.17, 15) is 13.2 Å². The van der Waals surface area contributed by atoms with Crippen LogP contribution in [0.25, 0.3) is 0 Å². The Bertz CT molecular complexity index is 279. The van der Waals surface area contributed by atoms with E-state index in [0.29, 0.717) is 0 Å². The maximum Gasteiger partial charge on any atom is 0.420 e. The minimum Gasteiger partial charge on any atom is -0.250 e. The number of aromatic nitrogens is 1. The third-order valence-electron chi connectivity index (χ3n) is 1.14. The van der Waals surface area contributed by atoms with Gasteiger partial charge in [0.25, 0.3) is 0 Å². The highest BCUT2D eigenvalue weighted by atomic mass is 127. The van der Waals surface area contributed by atoms with E-state index in [0.717, 1.165) is 6.07 Å². The summed E-state index contributed by atoms with van der Waals surface area (Å²) in [6.45, 7) is 0. The molecule has 1 aromatic rings. The standard InChI is InChI=1S/C6H2ClF3IN/c7-3-1-2-12-5(11)4(3)6(8,9)10/h1-2H. The number of halogens is 5. The Kier molecular flexibility index (Phi) is 2.82. The van der Waals surface area contributed by atoms with E-state index in [-0.39, 0.29) is 8.72 Å². The highest BCUT2D eigenvalue weighted by molar-refractivity contribution is 14.1. The van der Waals surface area contributed by atoms with Gasteiger partial charge < -0.3 is 0 Å². The van der Waals surface area contributed by atoms with E-state index >= 15 is 0 Å². The smallest absolute Gasteiger partial charge is 0.250 e. The van der Waals surface area contributed by atoms with E-state index in [1.807, 2.05) is 0 Å². The summed E-state index contributed by atoms with van der Waals surface area (Å²) in [6.07, 6.45) is -3.19. The third-order valence-corrected chi connectivity index (χ3v) is 2.27. The Labute approximate surface area is 85.1 Å². The summed E-state index contributed by atoms with van der Waals surface area (Å²) in [5.74, 6) is 0. The molecule has 0 radical (unpaired) electrons. The minimum atomic E-state index is -4.43. The van der Waals surface area contributed by atoms with Gasteiger partial charge >= 0.3 is 6.18 Å². The summed E-state index contributed by atoms with van der Waals surface area (Å²) >= 11 is 6.85. The van der Waals surface area contributed by atoms with Crippen molar-refractivity contribution in [1.82, 2.24) is 4.98 Å². The molecule has 0 atom stereocenters. The summed E-state index contributed by atoms with van der Waals surface area (Å²) in [5.41, 5.74) is -0.868. The highest BCUT2D eigenvalue weighted by Gasteiger charge is 2.36. The van der Waals surface area contributed by atoms with Crippen LogP contribution in [0, 0.1) is 3.70 Å². The number of hydrogen-bond acceptors (Lipinski definition) is 1. The first-order valence-corrected chi connectivity index (χ1v) is 4.26. The van der Waals surface area contributed by atoms with E-state index in [1.165, 1.54) is 28.8 Å². The Morgan fingerprint density at radius 3 is 2.33 bits per heavy atom. The lowest BCUT2D eigenvalue weighted by Gasteiger charge is -2.09. The predicted molar refractivity (Wildman–Crippen MR) is 47.0 cm³/mol. The summed E-state index contributed by atoms with van der Waals surface area (Å²) in [6, 6.07) is 1.12. The van der Waals surface area contributed by atoms with Gasteiger partial charge in [0.15, 0.2) is 0 Å². The van der Waals surface area contributed by atoms with Gasteiger partial charge in [-0.15, -0.1) is 0 Å². The third kappa shape index (κ3) is 2.01. The van der Waals surface area contributed by atoms with E-state index < -0.39 is 11.7 Å². The Balaban J connectivity index is 3.31. The van der Waals surface area contributed by atoms with Gasteiger partial charge in [-0.2, -0.15) is 13.2 Å². The second-order valence-electron chi connectivity index (χ2n) is 1.96. The molecule has 0 aliphatic carbocycles. The first-order valence-electron chi connectivity index (χ1n) is 2.80. The van der Waals surface area contributed by atoms with Gasteiger partial charge in [0.2, 0.25) is 0 Å². The summed E-state index contributed by atoms with van der Waals surface area (Å²) < 4.78 is 36.4. The van der Waals surface area contributed by atoms with Crippen LogP contribution in [0.15, 0.2) is 12.3 Å². The van der Waals surface area contributed by atoms with Crippen LogP contribution in [0.1, 0.15) is 5.56 Å². The SMILES string of the molecule is FC(F)(F)c1c(Cl)ccnc1I. The molecule has 0 saturated heterocycles. The molecule has 0 N–H and O–H groups in total. The number of alkyl halides is 3. The molecule has 0 aliphatic heterocycles. The van der Waals surface area contributed by atoms with E-state index in [2.05, 4.69) is 4.98 Å². The second-order valence-corrected chi connectivity index (χ2v) is 3.39. The minimum absolute atomic E-state index is 0.132. The van der Waals surface area contributed by atoms with Gasteiger partial charge in [-0.1, -0.05) is 11.6 Å². The molecule has 0 fully saturated rings. The van der Waals surface area contributed by atoms with Crippen LogP contribution >= 0.6 is 34.2 Å². The average molecular weight is 307 g/mol. The summed E-state index contributed by atoms with van der Waals surface area (Å²) in [4.78, 5) is 3.49. The van der Waals surface area contributed by atoms with Crippen LogP contribution in [0.5, 0.6) is 0 Å². The normalized spacial score (nSPS) is 11.8. The van der Waals surface area contributed by atoms with Gasteiger partial charge in [0, 0.05) is 6.20 Å². The van der Waals surface area contributed by atoms with Crippen molar-refractivity contribution >= 4 is 34.2 Å². The zero-order valence-electron chi connectivity index (χ0n) is 5.49. The molecular weight excluding hydrogens is 305 g/mol. The molecule has 0 unspecified atom stereocenters. The van der Waals surface area contributed by atoms with Crippen molar-refractivity contribution in [3.63, 3.8) is 0 Å². The number of rotatable bonds is 0.